The lowest BCUT2D eigenvalue weighted by Crippen LogP contribution is -2.42. The second-order valence-corrected chi connectivity index (χ2v) is 9.72. The molecule has 2 aromatic heterocycles. The summed E-state index contributed by atoms with van der Waals surface area (Å²) >= 11 is 3.49. The molecule has 12 nitrogen and oxygen atoms in total. The van der Waals surface area contributed by atoms with Crippen LogP contribution in [0.5, 0.6) is 0 Å². The maximum Gasteiger partial charge on any atom is 0.261 e. The molecule has 2 saturated heterocycles. The predicted molar refractivity (Wildman–Crippen MR) is 124 cm³/mol. The lowest BCUT2D eigenvalue weighted by atomic mass is 10.1. The zero-order chi connectivity index (χ0) is 24.5. The Labute approximate surface area is 206 Å². The number of nitrogens with zero attached hydrogens (tertiary/aromatic N) is 7. The average molecular weight is 540 g/mol. The molecule has 0 bridgehead atoms. The summed E-state index contributed by atoms with van der Waals surface area (Å²) in [6.07, 6.45) is 0.609. The molecule has 3 aliphatic rings. The van der Waals surface area contributed by atoms with Gasteiger partial charge in [0.2, 0.25) is 0 Å². The Hall–Kier alpha value is -3.35. The Morgan fingerprint density at radius 1 is 1.14 bits per heavy atom. The van der Waals surface area contributed by atoms with Crippen molar-refractivity contribution in [1.29, 1.82) is 0 Å². The molecule has 13 heteroatoms. The summed E-state index contributed by atoms with van der Waals surface area (Å²) in [5.41, 5.74) is 10.1. The number of carbonyl (C=O) groups excluding carboxylic acids is 2. The highest BCUT2D eigenvalue weighted by Gasteiger charge is 2.57. The van der Waals surface area contributed by atoms with Crippen molar-refractivity contribution >= 4 is 44.6 Å². The van der Waals surface area contributed by atoms with Crippen LogP contribution in [0.25, 0.3) is 21.5 Å². The van der Waals surface area contributed by atoms with E-state index in [1.54, 1.807) is 48.9 Å². The number of azide groups is 1. The molecule has 0 unspecified atom stereocenters. The molecule has 0 aliphatic carbocycles. The van der Waals surface area contributed by atoms with Gasteiger partial charge in [0.15, 0.2) is 12.0 Å². The van der Waals surface area contributed by atoms with Gasteiger partial charge in [-0.1, -0.05) is 12.1 Å². The fraction of sp³-hybridized carbons (Fsp3) is 0.364. The number of rotatable bonds is 4. The molecule has 2 amide bonds. The van der Waals surface area contributed by atoms with Gasteiger partial charge in [-0.25, -0.2) is 9.97 Å². The number of carbonyl (C=O) groups is 2. The highest BCUT2D eigenvalue weighted by Crippen LogP contribution is 2.46. The maximum absolute atomic E-state index is 13.0. The van der Waals surface area contributed by atoms with Crippen molar-refractivity contribution < 1.29 is 23.8 Å². The minimum absolute atomic E-state index is 0.00276. The molecule has 3 aliphatic heterocycles. The van der Waals surface area contributed by atoms with Crippen LogP contribution in [0.2, 0.25) is 0 Å². The number of amides is 2. The van der Waals surface area contributed by atoms with Gasteiger partial charge in [0.1, 0.15) is 36.1 Å². The van der Waals surface area contributed by atoms with Gasteiger partial charge in [-0.05, 0) is 52.6 Å². The van der Waals surface area contributed by atoms with Gasteiger partial charge < -0.3 is 18.8 Å². The maximum atomic E-state index is 13.0. The van der Waals surface area contributed by atoms with Crippen molar-refractivity contribution in [2.75, 3.05) is 6.54 Å². The molecular formula is C22H18BrN7O5. The molecule has 0 spiro atoms. The van der Waals surface area contributed by atoms with Gasteiger partial charge in [-0.3, -0.25) is 14.5 Å². The van der Waals surface area contributed by atoms with Gasteiger partial charge in [-0.15, -0.1) is 0 Å². The summed E-state index contributed by atoms with van der Waals surface area (Å²) in [5.74, 6) is -1.46. The molecule has 178 valence electrons. The molecule has 5 heterocycles. The number of aromatic nitrogens is 3. The Balaban J connectivity index is 1.37. The third-order valence-corrected chi connectivity index (χ3v) is 6.92. The number of benzene rings is 1. The molecule has 1 aromatic carbocycles. The minimum Gasteiger partial charge on any atom is -0.347 e. The Morgan fingerprint density at radius 3 is 2.51 bits per heavy atom. The molecule has 0 radical (unpaired) electrons. The lowest BCUT2D eigenvalue weighted by molar-refractivity contribution is -0.196. The van der Waals surface area contributed by atoms with E-state index in [9.17, 15) is 9.59 Å². The summed E-state index contributed by atoms with van der Waals surface area (Å²) in [5, 5.41) is 4.17. The van der Waals surface area contributed by atoms with E-state index >= 15 is 0 Å². The summed E-state index contributed by atoms with van der Waals surface area (Å²) < 4.78 is 21.1. The average Bonchev–Trinajstić information content (AvgIpc) is 3.51. The van der Waals surface area contributed by atoms with Crippen molar-refractivity contribution in [3.8, 4) is 0 Å². The van der Waals surface area contributed by atoms with Crippen LogP contribution in [0.4, 0.5) is 5.82 Å². The van der Waals surface area contributed by atoms with Crippen molar-refractivity contribution in [1.82, 2.24) is 19.4 Å². The van der Waals surface area contributed by atoms with Crippen molar-refractivity contribution in [3.63, 3.8) is 0 Å². The van der Waals surface area contributed by atoms with E-state index in [4.69, 9.17) is 19.7 Å². The van der Waals surface area contributed by atoms with Crippen LogP contribution in [0.15, 0.2) is 46.4 Å². The second kappa shape index (κ2) is 7.83. The first kappa shape index (κ1) is 22.1. The molecule has 4 atom stereocenters. The largest absolute Gasteiger partial charge is 0.347 e. The van der Waals surface area contributed by atoms with E-state index in [2.05, 4.69) is 35.9 Å². The molecule has 35 heavy (non-hydrogen) atoms. The zero-order valence-electron chi connectivity index (χ0n) is 18.5. The minimum atomic E-state index is -0.900. The summed E-state index contributed by atoms with van der Waals surface area (Å²) in [7, 11) is 0. The number of ether oxygens (including phenoxy) is 3. The quantitative estimate of drug-likeness (QED) is 0.212. The molecule has 3 aromatic rings. The van der Waals surface area contributed by atoms with E-state index in [0.717, 1.165) is 0 Å². The monoisotopic (exact) mass is 539 g/mol. The fourth-order valence-electron chi connectivity index (χ4n) is 4.95. The smallest absolute Gasteiger partial charge is 0.261 e. The van der Waals surface area contributed by atoms with Gasteiger partial charge >= 0.3 is 0 Å². The zero-order valence-corrected chi connectivity index (χ0v) is 20.1. The van der Waals surface area contributed by atoms with E-state index < -0.39 is 30.3 Å². The van der Waals surface area contributed by atoms with Crippen LogP contribution < -0.4 is 0 Å². The van der Waals surface area contributed by atoms with Gasteiger partial charge in [0.05, 0.1) is 23.1 Å². The normalized spacial score (nSPS) is 26.8. The van der Waals surface area contributed by atoms with Crippen LogP contribution in [-0.2, 0) is 14.2 Å². The summed E-state index contributed by atoms with van der Waals surface area (Å²) in [6.45, 7) is 3.60. The third kappa shape index (κ3) is 3.35. The van der Waals surface area contributed by atoms with Crippen LogP contribution in [0.3, 0.4) is 0 Å². The van der Waals surface area contributed by atoms with Crippen molar-refractivity contribution in [3.05, 3.63) is 62.8 Å². The number of halogens is 1. The lowest BCUT2D eigenvalue weighted by Gasteiger charge is -2.26. The van der Waals surface area contributed by atoms with Crippen LogP contribution in [0, 0.1) is 0 Å². The third-order valence-electron chi connectivity index (χ3n) is 6.32. The van der Waals surface area contributed by atoms with Crippen LogP contribution in [0.1, 0.15) is 40.8 Å². The molecule has 0 saturated carbocycles. The second-order valence-electron chi connectivity index (χ2n) is 8.87. The standard InChI is InChI=1S/C22H18BrN7O5/c1-22(2)34-15-13(8-30-19(31)10-5-3-4-6-11(10)20(30)32)33-21(16(15)35-22)29-7-12(23)14-17(27-28-24)25-9-26-18(14)29/h3-7,9,13,15-16,21H,8H2,1-2H3/t13-,15-,16-,21-/m1/s1. The predicted octanol–water partition coefficient (Wildman–Crippen LogP) is 3.85. The van der Waals surface area contributed by atoms with E-state index in [1.165, 1.54) is 11.2 Å². The number of hydrogen-bond acceptors (Lipinski definition) is 8. The molecular weight excluding hydrogens is 522 g/mol. The number of imide groups is 1. The summed E-state index contributed by atoms with van der Waals surface area (Å²) in [4.78, 5) is 38.3. The van der Waals surface area contributed by atoms with Crippen molar-refractivity contribution in [2.24, 2.45) is 5.11 Å². The molecule has 2 fully saturated rings. The van der Waals surface area contributed by atoms with Crippen LogP contribution in [-0.4, -0.2) is 61.9 Å². The molecule has 0 N–H and O–H groups in total. The first-order valence-electron chi connectivity index (χ1n) is 10.8. The van der Waals surface area contributed by atoms with Crippen LogP contribution >= 0.6 is 15.9 Å². The van der Waals surface area contributed by atoms with E-state index in [1.807, 2.05) is 0 Å². The van der Waals surface area contributed by atoms with Crippen molar-refractivity contribution in [2.45, 2.75) is 44.2 Å². The van der Waals surface area contributed by atoms with E-state index in [-0.39, 0.29) is 24.2 Å². The van der Waals surface area contributed by atoms with Gasteiger partial charge in [-0.2, -0.15) is 0 Å². The van der Waals surface area contributed by atoms with Gasteiger partial charge in [0.25, 0.3) is 11.8 Å². The number of hydrogen-bond donors (Lipinski definition) is 0. The Bertz CT molecular complexity index is 1410. The van der Waals surface area contributed by atoms with Gasteiger partial charge in [0, 0.05) is 15.6 Å². The highest BCUT2D eigenvalue weighted by atomic mass is 79.9. The first-order valence-corrected chi connectivity index (χ1v) is 11.6. The SMILES string of the molecule is CC1(C)O[C@@H]2[C@H](O1)[C@@H](CN1C(=O)c3ccccc3C1=O)O[C@H]2n1cc(Br)c2c(N=[N+]=[N-])ncnc21. The Morgan fingerprint density at radius 2 is 1.83 bits per heavy atom. The Kier molecular flexibility index (Phi) is 4.95. The molecule has 6 rings (SSSR count). The number of fused-ring (bicyclic) bond motifs is 3. The first-order chi connectivity index (χ1) is 16.8. The fourth-order valence-corrected chi connectivity index (χ4v) is 5.53. The summed E-state index contributed by atoms with van der Waals surface area (Å²) in [6, 6.07) is 6.73. The van der Waals surface area contributed by atoms with E-state index in [0.29, 0.717) is 26.6 Å². The highest BCUT2D eigenvalue weighted by molar-refractivity contribution is 9.10. The topological polar surface area (TPSA) is 145 Å².